The van der Waals surface area contributed by atoms with Gasteiger partial charge in [0.05, 0.1) is 12.2 Å². The summed E-state index contributed by atoms with van der Waals surface area (Å²) >= 11 is 1.40. The van der Waals surface area contributed by atoms with Crippen LogP contribution in [0.15, 0.2) is 78.9 Å². The van der Waals surface area contributed by atoms with Crippen molar-refractivity contribution in [3.63, 3.8) is 0 Å². The van der Waals surface area contributed by atoms with Crippen molar-refractivity contribution in [2.75, 3.05) is 11.9 Å². The highest BCUT2D eigenvalue weighted by atomic mass is 32.1. The Balaban J connectivity index is 1.66. The minimum atomic E-state index is -0.429. The fourth-order valence-corrected chi connectivity index (χ4v) is 4.45. The minimum Gasteiger partial charge on any atom is -0.462 e. The zero-order valence-corrected chi connectivity index (χ0v) is 17.4. The summed E-state index contributed by atoms with van der Waals surface area (Å²) in [5.74, 6) is -0.674. The molecule has 4 rings (SSSR count). The summed E-state index contributed by atoms with van der Waals surface area (Å²) in [5, 5.41) is 5.32. The van der Waals surface area contributed by atoms with E-state index in [1.807, 2.05) is 72.8 Å². The average Bonchev–Trinajstić information content (AvgIpc) is 3.16. The monoisotopic (exact) mass is 415 g/mol. The van der Waals surface area contributed by atoms with Crippen LogP contribution in [0.25, 0.3) is 10.8 Å². The Hall–Kier alpha value is -3.44. The lowest BCUT2D eigenvalue weighted by molar-refractivity contribution is 0.0528. The van der Waals surface area contributed by atoms with Crippen molar-refractivity contribution in [1.29, 1.82) is 0 Å². The number of thiophene rings is 1. The largest absolute Gasteiger partial charge is 0.462 e. The Morgan fingerprint density at radius 2 is 1.63 bits per heavy atom. The number of carbonyl (C=O) groups is 2. The number of hydrogen-bond acceptors (Lipinski definition) is 4. The first-order valence-electron chi connectivity index (χ1n) is 9.78. The van der Waals surface area contributed by atoms with Crippen LogP contribution in [0.4, 0.5) is 5.00 Å². The van der Waals surface area contributed by atoms with E-state index < -0.39 is 5.97 Å². The summed E-state index contributed by atoms with van der Waals surface area (Å²) in [7, 11) is 0. The van der Waals surface area contributed by atoms with Crippen LogP contribution in [-0.2, 0) is 11.2 Å². The fraction of sp³-hybridized carbons (Fsp3) is 0.120. The molecular formula is C25H21NO3S. The highest BCUT2D eigenvalue weighted by Gasteiger charge is 2.20. The molecule has 150 valence electrons. The van der Waals surface area contributed by atoms with Gasteiger partial charge in [-0.2, -0.15) is 0 Å². The van der Waals surface area contributed by atoms with Crippen LogP contribution in [-0.4, -0.2) is 18.5 Å². The molecule has 1 amide bonds. The average molecular weight is 416 g/mol. The Bertz CT molecular complexity index is 1190. The van der Waals surface area contributed by atoms with Crippen molar-refractivity contribution in [3.05, 3.63) is 100 Å². The molecule has 0 radical (unpaired) electrons. The molecule has 1 heterocycles. The van der Waals surface area contributed by atoms with Crippen molar-refractivity contribution in [1.82, 2.24) is 0 Å². The van der Waals surface area contributed by atoms with Crippen LogP contribution in [0.3, 0.4) is 0 Å². The standard InChI is InChI=1S/C25H21NO3S/c1-2-29-25(28)22-16-19(15-17-9-4-3-5-10-17)30-24(22)26-23(27)21-14-8-12-18-11-6-7-13-20(18)21/h3-14,16H,2,15H2,1H3,(H,26,27). The number of carbonyl (C=O) groups excluding carboxylic acids is 2. The van der Waals surface area contributed by atoms with E-state index in [1.54, 1.807) is 13.0 Å². The predicted octanol–water partition coefficient (Wildman–Crippen LogP) is 5.92. The van der Waals surface area contributed by atoms with Gasteiger partial charge < -0.3 is 10.1 Å². The first-order chi connectivity index (χ1) is 14.7. The molecule has 4 nitrogen and oxygen atoms in total. The quantitative estimate of drug-likeness (QED) is 0.398. The first kappa shape index (κ1) is 19.9. The van der Waals surface area contributed by atoms with E-state index >= 15 is 0 Å². The molecule has 0 aliphatic carbocycles. The van der Waals surface area contributed by atoms with Crippen molar-refractivity contribution < 1.29 is 14.3 Å². The number of nitrogens with one attached hydrogen (secondary N) is 1. The van der Waals surface area contributed by atoms with Gasteiger partial charge in [-0.15, -0.1) is 11.3 Å². The van der Waals surface area contributed by atoms with Gasteiger partial charge in [0, 0.05) is 16.9 Å². The molecule has 0 bridgehead atoms. The number of esters is 1. The third-order valence-corrected chi connectivity index (χ3v) is 5.81. The molecule has 0 saturated carbocycles. The predicted molar refractivity (Wildman–Crippen MR) is 121 cm³/mol. The Labute approximate surface area is 179 Å². The zero-order valence-electron chi connectivity index (χ0n) is 16.6. The molecular weight excluding hydrogens is 394 g/mol. The highest BCUT2D eigenvalue weighted by molar-refractivity contribution is 7.16. The van der Waals surface area contributed by atoms with Crippen molar-refractivity contribution in [2.24, 2.45) is 0 Å². The summed E-state index contributed by atoms with van der Waals surface area (Å²) < 4.78 is 5.21. The summed E-state index contributed by atoms with van der Waals surface area (Å²) in [6.07, 6.45) is 0.683. The number of ether oxygens (including phenoxy) is 1. The number of hydrogen-bond donors (Lipinski definition) is 1. The van der Waals surface area contributed by atoms with Crippen molar-refractivity contribution in [2.45, 2.75) is 13.3 Å². The molecule has 0 fully saturated rings. The van der Waals surface area contributed by atoms with Crippen molar-refractivity contribution >= 4 is 39.0 Å². The van der Waals surface area contributed by atoms with Crippen LogP contribution < -0.4 is 5.32 Å². The van der Waals surface area contributed by atoms with Gasteiger partial charge in [-0.3, -0.25) is 4.79 Å². The van der Waals surface area contributed by atoms with Gasteiger partial charge in [0.2, 0.25) is 0 Å². The van der Waals surface area contributed by atoms with E-state index in [2.05, 4.69) is 5.32 Å². The van der Waals surface area contributed by atoms with Crippen molar-refractivity contribution in [3.8, 4) is 0 Å². The third-order valence-electron chi connectivity index (χ3n) is 4.76. The normalized spacial score (nSPS) is 10.7. The van der Waals surface area contributed by atoms with Crippen LogP contribution in [0.2, 0.25) is 0 Å². The first-order valence-corrected chi connectivity index (χ1v) is 10.6. The lowest BCUT2D eigenvalue weighted by atomic mass is 10.0. The van der Waals surface area contributed by atoms with Gasteiger partial charge in [0.15, 0.2) is 0 Å². The molecule has 0 atom stereocenters. The summed E-state index contributed by atoms with van der Waals surface area (Å²) in [4.78, 5) is 26.6. The summed E-state index contributed by atoms with van der Waals surface area (Å²) in [6.45, 7) is 2.04. The molecule has 4 aromatic rings. The Morgan fingerprint density at radius 1 is 0.900 bits per heavy atom. The lowest BCUT2D eigenvalue weighted by Crippen LogP contribution is -2.14. The smallest absolute Gasteiger partial charge is 0.341 e. The second kappa shape index (κ2) is 8.93. The summed E-state index contributed by atoms with van der Waals surface area (Å²) in [6, 6.07) is 25.2. The molecule has 0 aliphatic heterocycles. The van der Waals surface area contributed by atoms with Gasteiger partial charge in [-0.25, -0.2) is 4.79 Å². The summed E-state index contributed by atoms with van der Waals surface area (Å²) in [5.41, 5.74) is 2.10. The SMILES string of the molecule is CCOC(=O)c1cc(Cc2ccccc2)sc1NC(=O)c1cccc2ccccc12. The van der Waals surface area contributed by atoms with Gasteiger partial charge in [0.25, 0.3) is 5.91 Å². The molecule has 1 N–H and O–H groups in total. The number of amides is 1. The minimum absolute atomic E-state index is 0.245. The van der Waals surface area contributed by atoms with Crippen LogP contribution in [0, 0.1) is 0 Å². The molecule has 0 saturated heterocycles. The number of anilines is 1. The fourth-order valence-electron chi connectivity index (χ4n) is 3.37. The molecule has 3 aromatic carbocycles. The Kier molecular flexibility index (Phi) is 5.91. The van der Waals surface area contributed by atoms with Crippen LogP contribution in [0.1, 0.15) is 38.1 Å². The van der Waals surface area contributed by atoms with Crippen LogP contribution >= 0.6 is 11.3 Å². The van der Waals surface area contributed by atoms with E-state index in [0.29, 0.717) is 22.5 Å². The molecule has 1 aromatic heterocycles. The van der Waals surface area contributed by atoms with Gasteiger partial charge >= 0.3 is 5.97 Å². The van der Waals surface area contributed by atoms with E-state index in [1.165, 1.54) is 11.3 Å². The molecule has 0 unspecified atom stereocenters. The molecule has 0 aliphatic rings. The molecule has 0 spiro atoms. The number of benzene rings is 3. The molecule has 5 heteroatoms. The van der Waals surface area contributed by atoms with Gasteiger partial charge in [0.1, 0.15) is 5.00 Å². The number of rotatable bonds is 6. The lowest BCUT2D eigenvalue weighted by Gasteiger charge is -2.08. The zero-order chi connectivity index (χ0) is 20.9. The third kappa shape index (κ3) is 4.26. The van der Waals surface area contributed by atoms with Gasteiger partial charge in [-0.1, -0.05) is 66.7 Å². The maximum atomic E-state index is 13.1. The topological polar surface area (TPSA) is 55.4 Å². The van der Waals surface area contributed by atoms with Crippen LogP contribution in [0.5, 0.6) is 0 Å². The highest BCUT2D eigenvalue weighted by Crippen LogP contribution is 2.31. The van der Waals surface area contributed by atoms with E-state index in [-0.39, 0.29) is 12.5 Å². The van der Waals surface area contributed by atoms with E-state index in [9.17, 15) is 9.59 Å². The second-order valence-corrected chi connectivity index (χ2v) is 7.96. The van der Waals surface area contributed by atoms with E-state index in [0.717, 1.165) is 21.2 Å². The Morgan fingerprint density at radius 3 is 2.43 bits per heavy atom. The maximum Gasteiger partial charge on any atom is 0.341 e. The van der Waals surface area contributed by atoms with Gasteiger partial charge in [-0.05, 0) is 35.4 Å². The molecule has 30 heavy (non-hydrogen) atoms. The number of fused-ring (bicyclic) bond motifs is 1. The van der Waals surface area contributed by atoms with E-state index in [4.69, 9.17) is 4.74 Å². The second-order valence-electron chi connectivity index (χ2n) is 6.82. The maximum absolute atomic E-state index is 13.1.